The Hall–Kier alpha value is -4.14. The number of nitrogens with zero attached hydrogens (tertiary/aromatic N) is 6. The summed E-state index contributed by atoms with van der Waals surface area (Å²) >= 11 is 0. The van der Waals surface area contributed by atoms with Crippen LogP contribution in [0.4, 0.5) is 0 Å². The summed E-state index contributed by atoms with van der Waals surface area (Å²) in [5.74, 6) is -0.731. The van der Waals surface area contributed by atoms with Crippen molar-refractivity contribution in [3.05, 3.63) is 66.0 Å². The smallest absolute Gasteiger partial charge is 0.326 e. The summed E-state index contributed by atoms with van der Waals surface area (Å²) in [6.45, 7) is 6.25. The summed E-state index contributed by atoms with van der Waals surface area (Å²) in [5.41, 5.74) is 5.69. The topological polar surface area (TPSA) is 113 Å². The molecule has 9 nitrogen and oxygen atoms in total. The second-order valence-corrected chi connectivity index (χ2v) is 9.88. The van der Waals surface area contributed by atoms with Gasteiger partial charge in [-0.25, -0.2) is 9.79 Å². The second-order valence-electron chi connectivity index (χ2n) is 9.88. The minimum Gasteiger partial charge on any atom is -0.480 e. The first-order chi connectivity index (χ1) is 18.3. The second kappa shape index (κ2) is 11.9. The molecule has 2 heterocycles. The lowest BCUT2D eigenvalue weighted by Gasteiger charge is -2.32. The number of carbonyl (C=O) groups excluding carboxylic acids is 1. The van der Waals surface area contributed by atoms with Crippen molar-refractivity contribution in [2.24, 2.45) is 28.2 Å². The molecule has 1 aliphatic rings. The molecule has 38 heavy (non-hydrogen) atoms. The van der Waals surface area contributed by atoms with Crippen LogP contribution in [0.3, 0.4) is 0 Å². The number of carboxylic acid groups (broad SMARTS) is 1. The summed E-state index contributed by atoms with van der Waals surface area (Å²) in [7, 11) is 1.88. The van der Waals surface area contributed by atoms with Gasteiger partial charge in [0.05, 0.1) is 6.20 Å². The molecule has 1 amide bonds. The zero-order valence-electron chi connectivity index (χ0n) is 22.3. The average Bonchev–Trinajstić information content (AvgIpc) is 3.59. The maximum absolute atomic E-state index is 13.0. The molecule has 1 aromatic heterocycles. The molecule has 0 radical (unpaired) electrons. The van der Waals surface area contributed by atoms with E-state index in [1.165, 1.54) is 4.90 Å². The lowest BCUT2D eigenvalue weighted by molar-refractivity contribution is -0.153. The first-order valence-corrected chi connectivity index (χ1v) is 13.0. The van der Waals surface area contributed by atoms with Crippen LogP contribution in [-0.2, 0) is 23.2 Å². The molecule has 0 bridgehead atoms. The number of hydrogen-bond donors (Lipinski definition) is 1. The predicted octanol–water partition coefficient (Wildman–Crippen LogP) is 5.55. The fraction of sp³-hybridized carbons (Fsp3) is 0.379. The Kier molecular flexibility index (Phi) is 8.45. The van der Waals surface area contributed by atoms with E-state index in [9.17, 15) is 14.7 Å². The summed E-state index contributed by atoms with van der Waals surface area (Å²) in [5, 5.41) is 22.4. The first-order valence-electron chi connectivity index (χ1n) is 13.0. The van der Waals surface area contributed by atoms with Crippen LogP contribution in [0, 0.1) is 5.92 Å². The number of hydrogen-bond acceptors (Lipinski definition) is 6. The van der Waals surface area contributed by atoms with Gasteiger partial charge in [0.25, 0.3) is 0 Å². The van der Waals surface area contributed by atoms with E-state index in [0.29, 0.717) is 18.9 Å². The maximum atomic E-state index is 13.0. The van der Waals surface area contributed by atoms with E-state index in [0.717, 1.165) is 46.2 Å². The average molecular weight is 515 g/mol. The van der Waals surface area contributed by atoms with Gasteiger partial charge < -0.3 is 10.0 Å². The summed E-state index contributed by atoms with van der Waals surface area (Å²) in [6.07, 6.45) is 5.74. The number of amidine groups is 1. The van der Waals surface area contributed by atoms with Crippen LogP contribution in [0.1, 0.15) is 51.2 Å². The van der Waals surface area contributed by atoms with Crippen molar-refractivity contribution in [3.63, 3.8) is 0 Å². The molecule has 0 aliphatic carbocycles. The van der Waals surface area contributed by atoms with E-state index in [-0.39, 0.29) is 18.4 Å². The molecule has 0 spiro atoms. The zero-order valence-corrected chi connectivity index (χ0v) is 22.3. The number of amides is 1. The van der Waals surface area contributed by atoms with Gasteiger partial charge in [-0.1, -0.05) is 57.5 Å². The van der Waals surface area contributed by atoms with Crippen LogP contribution in [-0.4, -0.2) is 50.2 Å². The number of carbonyl (C=O) groups is 2. The van der Waals surface area contributed by atoms with E-state index in [4.69, 9.17) is 0 Å². The molecule has 3 aromatic rings. The number of rotatable bonds is 11. The number of aromatic nitrogens is 2. The lowest BCUT2D eigenvalue weighted by atomic mass is 9.94. The van der Waals surface area contributed by atoms with E-state index >= 15 is 0 Å². The normalized spacial score (nSPS) is 13.6. The molecule has 9 heteroatoms. The summed E-state index contributed by atoms with van der Waals surface area (Å²) < 4.78 is 1.77. The highest BCUT2D eigenvalue weighted by Crippen LogP contribution is 2.31. The van der Waals surface area contributed by atoms with Crippen LogP contribution in [0.2, 0.25) is 0 Å². The highest BCUT2D eigenvalue weighted by Gasteiger charge is 2.32. The first kappa shape index (κ1) is 26.9. The van der Waals surface area contributed by atoms with Crippen molar-refractivity contribution >= 4 is 17.7 Å². The van der Waals surface area contributed by atoms with Gasteiger partial charge in [0.1, 0.15) is 6.04 Å². The molecule has 2 aromatic carbocycles. The van der Waals surface area contributed by atoms with Gasteiger partial charge in [-0.15, -0.1) is 5.11 Å². The third-order valence-electron chi connectivity index (χ3n) is 6.65. The van der Waals surface area contributed by atoms with Gasteiger partial charge in [0.2, 0.25) is 5.91 Å². The quantitative estimate of drug-likeness (QED) is 0.361. The van der Waals surface area contributed by atoms with Crippen molar-refractivity contribution in [2.45, 2.75) is 52.6 Å². The Morgan fingerprint density at radius 1 is 1.05 bits per heavy atom. The fourth-order valence-corrected chi connectivity index (χ4v) is 4.67. The highest BCUT2D eigenvalue weighted by molar-refractivity contribution is 6.06. The standard InChI is InChI=1S/C29H34N6O3/c1-5-6-7-26(36)35(27(19(2)3)29(37)38)16-20-8-10-21(11-9-20)25-14-22(23-15-32-34(4)17-23)12-13-24(25)28-30-18-31-33-28/h8-15,17,19,27H,5-7,16,18H2,1-4H3,(H,37,38)/t27-/m0/s1. The molecule has 1 N–H and O–H groups in total. The predicted molar refractivity (Wildman–Crippen MR) is 147 cm³/mol. The van der Waals surface area contributed by atoms with Gasteiger partial charge in [0.15, 0.2) is 12.5 Å². The number of carboxylic acids is 1. The van der Waals surface area contributed by atoms with Gasteiger partial charge in [-0.2, -0.15) is 10.2 Å². The highest BCUT2D eigenvalue weighted by atomic mass is 16.4. The Bertz CT molecular complexity index is 1360. The number of azo groups is 1. The number of aryl methyl sites for hydroxylation is 1. The lowest BCUT2D eigenvalue weighted by Crippen LogP contribution is -2.47. The van der Waals surface area contributed by atoms with Crippen molar-refractivity contribution in [2.75, 3.05) is 6.67 Å². The van der Waals surface area contributed by atoms with Crippen molar-refractivity contribution in [1.82, 2.24) is 14.7 Å². The van der Waals surface area contributed by atoms with Gasteiger partial charge in [-0.05, 0) is 46.7 Å². The molecule has 1 aliphatic heterocycles. The molecule has 198 valence electrons. The molecule has 0 unspecified atom stereocenters. The molecule has 4 rings (SSSR count). The Morgan fingerprint density at radius 3 is 2.37 bits per heavy atom. The third-order valence-corrected chi connectivity index (χ3v) is 6.65. The van der Waals surface area contributed by atoms with Crippen LogP contribution in [0.5, 0.6) is 0 Å². The zero-order chi connectivity index (χ0) is 27.2. The van der Waals surface area contributed by atoms with Crippen molar-refractivity contribution in [3.8, 4) is 22.3 Å². The van der Waals surface area contributed by atoms with Gasteiger partial charge >= 0.3 is 5.97 Å². The molecule has 0 saturated carbocycles. The van der Waals surface area contributed by atoms with Crippen molar-refractivity contribution < 1.29 is 14.7 Å². The van der Waals surface area contributed by atoms with Crippen LogP contribution >= 0.6 is 0 Å². The molecular formula is C29H34N6O3. The Labute approximate surface area is 222 Å². The Balaban J connectivity index is 1.67. The van der Waals surface area contributed by atoms with E-state index in [1.54, 1.807) is 4.68 Å². The summed E-state index contributed by atoms with van der Waals surface area (Å²) in [4.78, 5) is 31.0. The van der Waals surface area contributed by atoms with E-state index < -0.39 is 12.0 Å². The molecule has 1 atom stereocenters. The maximum Gasteiger partial charge on any atom is 0.326 e. The number of aliphatic imine (C=N–C) groups is 1. The van der Waals surface area contributed by atoms with Gasteiger partial charge in [-0.3, -0.25) is 9.48 Å². The van der Waals surface area contributed by atoms with E-state index in [1.807, 2.05) is 76.6 Å². The van der Waals surface area contributed by atoms with Crippen molar-refractivity contribution in [1.29, 1.82) is 0 Å². The third kappa shape index (κ3) is 6.04. The van der Waals surface area contributed by atoms with Crippen LogP contribution in [0.15, 0.2) is 70.1 Å². The minimum atomic E-state index is -0.982. The van der Waals surface area contributed by atoms with Crippen LogP contribution in [0.25, 0.3) is 22.3 Å². The van der Waals surface area contributed by atoms with Gasteiger partial charge in [0, 0.05) is 37.3 Å². The SMILES string of the molecule is CCCCC(=O)N(Cc1ccc(-c2cc(-c3cnn(C)c3)ccc2C2=NCN=N2)cc1)[C@H](C(=O)O)C(C)C. The monoisotopic (exact) mass is 514 g/mol. The molecule has 0 saturated heterocycles. The summed E-state index contributed by atoms with van der Waals surface area (Å²) in [6, 6.07) is 13.1. The Morgan fingerprint density at radius 2 is 1.79 bits per heavy atom. The molecule has 0 fully saturated rings. The fourth-order valence-electron chi connectivity index (χ4n) is 4.67. The largest absolute Gasteiger partial charge is 0.480 e. The molecular weight excluding hydrogens is 480 g/mol. The number of aliphatic carboxylic acids is 1. The van der Waals surface area contributed by atoms with E-state index in [2.05, 4.69) is 26.4 Å². The van der Waals surface area contributed by atoms with Crippen LogP contribution < -0.4 is 0 Å². The number of benzene rings is 2. The minimum absolute atomic E-state index is 0.131. The number of unbranched alkanes of at least 4 members (excludes halogenated alkanes) is 1.